The van der Waals surface area contributed by atoms with Crippen molar-refractivity contribution in [3.05, 3.63) is 117 Å². The molecule has 1 aliphatic rings. The molecule has 1 heterocycles. The maximum atomic E-state index is 8.33. The molecule has 1 aliphatic heterocycles. The van der Waals surface area contributed by atoms with Crippen molar-refractivity contribution in [1.29, 1.82) is 5.41 Å². The van der Waals surface area contributed by atoms with E-state index < -0.39 is 0 Å². The molecular formula is C37H48ClN4P. The standard InChI is InChI=1S/C37H48ClN4P/c1-7-9-13-31(29(23-39)24-41-30-21-28(8-2)34(20-26(3)4)36(43)22-30)32-14-12-15-33(37(32)38)35(40-6)17-16-27(5)25-42-18-10-11-19-42/h7,9,12-17,21-24,39-41H,3,8,10-11,18-20,25,43H2,1-2,4-6H3/b9-7-,27-16+,29-24+,31-13+,35-17-,39-23?. The third-order valence-corrected chi connectivity index (χ3v) is 8.53. The van der Waals surface area contributed by atoms with E-state index in [0.717, 1.165) is 63.9 Å². The van der Waals surface area contributed by atoms with E-state index in [1.165, 1.54) is 48.8 Å². The highest BCUT2D eigenvalue weighted by atomic mass is 35.5. The second-order valence-corrected chi connectivity index (χ2v) is 12.2. The first-order valence-electron chi connectivity index (χ1n) is 15.1. The Hall–Kier alpha value is -3.17. The quantitative estimate of drug-likeness (QED) is 0.0863. The molecule has 4 nitrogen and oxygen atoms in total. The van der Waals surface area contributed by atoms with Crippen molar-refractivity contribution in [3.8, 4) is 0 Å². The number of hydrogen-bond donors (Lipinski definition) is 3. The number of aryl methyl sites for hydroxylation is 1. The summed E-state index contributed by atoms with van der Waals surface area (Å²) < 4.78 is 0. The summed E-state index contributed by atoms with van der Waals surface area (Å²) in [6.07, 6.45) is 17.9. The van der Waals surface area contributed by atoms with Crippen LogP contribution >= 0.6 is 20.8 Å². The molecule has 0 aromatic heterocycles. The lowest BCUT2D eigenvalue weighted by molar-refractivity contribution is 0.368. The molecule has 228 valence electrons. The monoisotopic (exact) mass is 614 g/mol. The van der Waals surface area contributed by atoms with Gasteiger partial charge in [0.1, 0.15) is 0 Å². The topological polar surface area (TPSA) is 51.2 Å². The molecular weight excluding hydrogens is 567 g/mol. The SMILES string of the molecule is C=C(C)Cc1c(P)cc(N/C=C(C=N)/C(=C\C=C/C)c2cccc(/C(=C/C=C(\C)CN3CCCC3)NC)c2Cl)cc1CC. The number of nitrogens with one attached hydrogen (secondary N) is 3. The molecule has 0 amide bonds. The predicted octanol–water partition coefficient (Wildman–Crippen LogP) is 8.73. The average molecular weight is 615 g/mol. The zero-order valence-electron chi connectivity index (χ0n) is 26.5. The van der Waals surface area contributed by atoms with Crippen LogP contribution in [-0.4, -0.2) is 37.8 Å². The first-order chi connectivity index (χ1) is 20.7. The summed E-state index contributed by atoms with van der Waals surface area (Å²) in [5.41, 5.74) is 10.4. The fraction of sp³-hybridized carbons (Fsp3) is 0.324. The van der Waals surface area contributed by atoms with Gasteiger partial charge < -0.3 is 16.0 Å². The highest BCUT2D eigenvalue weighted by Gasteiger charge is 2.16. The number of rotatable bonds is 14. The van der Waals surface area contributed by atoms with Crippen LogP contribution in [-0.2, 0) is 12.8 Å². The predicted molar refractivity (Wildman–Crippen MR) is 195 cm³/mol. The van der Waals surface area contributed by atoms with Crippen LogP contribution < -0.4 is 15.9 Å². The first kappa shape index (κ1) is 34.3. The Balaban J connectivity index is 1.98. The Labute approximate surface area is 267 Å². The number of anilines is 1. The number of hydrogen-bond acceptors (Lipinski definition) is 4. The first-order valence-corrected chi connectivity index (χ1v) is 16.1. The molecule has 0 saturated carbocycles. The Morgan fingerprint density at radius 2 is 1.84 bits per heavy atom. The molecule has 43 heavy (non-hydrogen) atoms. The Morgan fingerprint density at radius 3 is 2.47 bits per heavy atom. The molecule has 3 rings (SSSR count). The van der Waals surface area contributed by atoms with Crippen LogP contribution in [0.1, 0.15) is 62.8 Å². The van der Waals surface area contributed by atoms with E-state index in [0.29, 0.717) is 5.02 Å². The normalized spacial score (nSPS) is 15.3. The molecule has 3 N–H and O–H groups in total. The maximum Gasteiger partial charge on any atom is 0.0577 e. The highest BCUT2D eigenvalue weighted by Crippen LogP contribution is 2.34. The number of nitrogens with zero attached hydrogens (tertiary/aromatic N) is 1. The van der Waals surface area contributed by atoms with Gasteiger partial charge in [-0.1, -0.05) is 78.8 Å². The molecule has 1 saturated heterocycles. The zero-order chi connectivity index (χ0) is 31.4. The Morgan fingerprint density at radius 1 is 1.12 bits per heavy atom. The van der Waals surface area contributed by atoms with Crippen LogP contribution in [0.3, 0.4) is 0 Å². The van der Waals surface area contributed by atoms with Crippen LogP contribution in [0.2, 0.25) is 5.02 Å². The van der Waals surface area contributed by atoms with Gasteiger partial charge in [0.05, 0.1) is 5.02 Å². The number of allylic oxidation sites excluding steroid dienone is 8. The molecule has 1 fully saturated rings. The summed E-state index contributed by atoms with van der Waals surface area (Å²) in [5, 5.41) is 16.9. The molecule has 0 bridgehead atoms. The van der Waals surface area contributed by atoms with Gasteiger partial charge >= 0.3 is 0 Å². The van der Waals surface area contributed by atoms with E-state index in [4.69, 9.17) is 17.0 Å². The lowest BCUT2D eigenvalue weighted by Crippen LogP contribution is -2.21. The molecule has 2 aromatic rings. The van der Waals surface area contributed by atoms with Gasteiger partial charge in [0.25, 0.3) is 0 Å². The van der Waals surface area contributed by atoms with Crippen molar-refractivity contribution in [2.45, 2.75) is 53.4 Å². The van der Waals surface area contributed by atoms with Crippen molar-refractivity contribution < 1.29 is 0 Å². The molecule has 0 spiro atoms. The molecule has 1 unspecified atom stereocenters. The Bertz CT molecular complexity index is 1460. The lowest BCUT2D eigenvalue weighted by Gasteiger charge is -2.17. The number of halogens is 1. The van der Waals surface area contributed by atoms with E-state index in [9.17, 15) is 0 Å². The van der Waals surface area contributed by atoms with Gasteiger partial charge in [0, 0.05) is 54.1 Å². The van der Waals surface area contributed by atoms with Crippen LogP contribution in [0.25, 0.3) is 11.3 Å². The molecule has 0 radical (unpaired) electrons. The van der Waals surface area contributed by atoms with Crippen LogP contribution in [0.5, 0.6) is 0 Å². The van der Waals surface area contributed by atoms with Gasteiger partial charge in [0.2, 0.25) is 0 Å². The second-order valence-electron chi connectivity index (χ2n) is 11.2. The summed E-state index contributed by atoms with van der Waals surface area (Å²) in [4.78, 5) is 2.50. The van der Waals surface area contributed by atoms with E-state index in [1.807, 2.05) is 56.6 Å². The third kappa shape index (κ3) is 9.66. The van der Waals surface area contributed by atoms with Crippen LogP contribution in [0.15, 0.2) is 90.2 Å². The van der Waals surface area contributed by atoms with Crippen LogP contribution in [0.4, 0.5) is 5.69 Å². The summed E-state index contributed by atoms with van der Waals surface area (Å²) in [6, 6.07) is 10.4. The average Bonchev–Trinajstić information content (AvgIpc) is 3.50. The summed E-state index contributed by atoms with van der Waals surface area (Å²) in [7, 11) is 4.80. The lowest BCUT2D eigenvalue weighted by atomic mass is 9.95. The third-order valence-electron chi connectivity index (χ3n) is 7.61. The summed E-state index contributed by atoms with van der Waals surface area (Å²) in [6.45, 7) is 15.9. The van der Waals surface area contributed by atoms with E-state index in [1.54, 1.807) is 0 Å². The van der Waals surface area contributed by atoms with Gasteiger partial charge in [-0.2, -0.15) is 0 Å². The van der Waals surface area contributed by atoms with Crippen LogP contribution in [0, 0.1) is 5.41 Å². The second kappa shape index (κ2) is 17.2. The van der Waals surface area contributed by atoms with Crippen molar-refractivity contribution >= 4 is 49.3 Å². The van der Waals surface area contributed by atoms with Gasteiger partial charge in [-0.05, 0) is 99.8 Å². The van der Waals surface area contributed by atoms with Crippen molar-refractivity contribution in [3.63, 3.8) is 0 Å². The molecule has 1 atom stereocenters. The molecule has 6 heteroatoms. The molecule has 2 aromatic carbocycles. The fourth-order valence-corrected chi connectivity index (χ4v) is 6.19. The smallest absolute Gasteiger partial charge is 0.0577 e. The van der Waals surface area contributed by atoms with E-state index >= 15 is 0 Å². The minimum absolute atomic E-state index is 0.641. The van der Waals surface area contributed by atoms with E-state index in [2.05, 4.69) is 76.4 Å². The maximum absolute atomic E-state index is 8.33. The number of likely N-dealkylation sites (tertiary alicyclic amines) is 1. The summed E-state index contributed by atoms with van der Waals surface area (Å²) in [5.74, 6) is 0. The Kier molecular flexibility index (Phi) is 13.7. The zero-order valence-corrected chi connectivity index (χ0v) is 28.4. The van der Waals surface area contributed by atoms with Crippen molar-refractivity contribution in [2.75, 3.05) is 32.0 Å². The minimum atomic E-state index is 0.641. The van der Waals surface area contributed by atoms with Crippen molar-refractivity contribution in [1.82, 2.24) is 10.2 Å². The van der Waals surface area contributed by atoms with Gasteiger partial charge in [-0.15, -0.1) is 9.24 Å². The van der Waals surface area contributed by atoms with E-state index in [-0.39, 0.29) is 0 Å². The van der Waals surface area contributed by atoms with Gasteiger partial charge in [0.15, 0.2) is 0 Å². The van der Waals surface area contributed by atoms with Gasteiger partial charge in [-0.25, -0.2) is 0 Å². The molecule has 0 aliphatic carbocycles. The fourth-order valence-electron chi connectivity index (χ4n) is 5.39. The number of benzene rings is 2. The van der Waals surface area contributed by atoms with Gasteiger partial charge in [-0.3, -0.25) is 4.90 Å². The minimum Gasteiger partial charge on any atom is -0.388 e. The van der Waals surface area contributed by atoms with Crippen molar-refractivity contribution in [2.24, 2.45) is 0 Å². The highest BCUT2D eigenvalue weighted by molar-refractivity contribution is 7.27. The largest absolute Gasteiger partial charge is 0.388 e. The summed E-state index contributed by atoms with van der Waals surface area (Å²) >= 11 is 7.14.